The third kappa shape index (κ3) is 4.05. The zero-order valence-electron chi connectivity index (χ0n) is 15.4. The first kappa shape index (κ1) is 19.2. The van der Waals surface area contributed by atoms with E-state index in [4.69, 9.17) is 0 Å². The molecular formula is C19H22N4O3S. The van der Waals surface area contributed by atoms with Gasteiger partial charge in [-0.3, -0.25) is 24.4 Å². The second-order valence-electron chi connectivity index (χ2n) is 6.37. The van der Waals surface area contributed by atoms with Gasteiger partial charge in [0.25, 0.3) is 16.7 Å². The molecule has 0 radical (unpaired) electrons. The Hall–Kier alpha value is -2.61. The average Bonchev–Trinajstić information content (AvgIpc) is 3.10. The van der Waals surface area contributed by atoms with Crippen LogP contribution in [0.4, 0.5) is 4.79 Å². The van der Waals surface area contributed by atoms with Crippen LogP contribution in [0.25, 0.3) is 11.9 Å². The van der Waals surface area contributed by atoms with E-state index < -0.39 is 0 Å². The minimum Gasteiger partial charge on any atom is -0.293 e. The van der Waals surface area contributed by atoms with Crippen LogP contribution in [0.15, 0.2) is 34.1 Å². The average molecular weight is 386 g/mol. The second-order valence-corrected chi connectivity index (χ2v) is 7.37. The van der Waals surface area contributed by atoms with Crippen LogP contribution in [0.5, 0.6) is 0 Å². The normalized spacial score (nSPS) is 15.9. The van der Waals surface area contributed by atoms with Gasteiger partial charge in [0.05, 0.1) is 10.5 Å². The Bertz CT molecular complexity index is 930. The Morgan fingerprint density at radius 3 is 2.70 bits per heavy atom. The maximum absolute atomic E-state index is 12.7. The fraction of sp³-hybridized carbons (Fsp3) is 0.368. The van der Waals surface area contributed by atoms with Crippen LogP contribution in [0.1, 0.15) is 43.9 Å². The summed E-state index contributed by atoms with van der Waals surface area (Å²) in [6, 6.07) is 5.27. The zero-order chi connectivity index (χ0) is 19.4. The van der Waals surface area contributed by atoms with Gasteiger partial charge in [0.2, 0.25) is 0 Å². The molecule has 27 heavy (non-hydrogen) atoms. The molecule has 1 saturated heterocycles. The predicted molar refractivity (Wildman–Crippen MR) is 106 cm³/mol. The Morgan fingerprint density at radius 2 is 2.00 bits per heavy atom. The first-order valence-electron chi connectivity index (χ1n) is 9.01. The van der Waals surface area contributed by atoms with Crippen molar-refractivity contribution < 1.29 is 9.59 Å². The number of carbonyl (C=O) groups excluding carboxylic acids is 2. The molecule has 2 amide bonds. The third-order valence-electron chi connectivity index (χ3n) is 4.38. The molecule has 2 aromatic heterocycles. The summed E-state index contributed by atoms with van der Waals surface area (Å²) in [5, 5.41) is 2.69. The highest BCUT2D eigenvalue weighted by atomic mass is 32.2. The first-order chi connectivity index (χ1) is 13.0. The number of unbranched alkanes of at least 4 members (excludes halogenated alkanes) is 3. The summed E-state index contributed by atoms with van der Waals surface area (Å²) >= 11 is 0.884. The molecule has 1 aliphatic heterocycles. The summed E-state index contributed by atoms with van der Waals surface area (Å²) in [5.74, 6) is 0.139. The van der Waals surface area contributed by atoms with Crippen molar-refractivity contribution in [3.05, 3.63) is 50.9 Å². The molecule has 7 nitrogen and oxygen atoms in total. The van der Waals surface area contributed by atoms with Gasteiger partial charge in [-0.15, -0.1) is 0 Å². The highest BCUT2D eigenvalue weighted by Gasteiger charge is 2.35. The number of rotatable bonds is 7. The second kappa shape index (κ2) is 8.39. The number of amides is 2. The lowest BCUT2D eigenvalue weighted by atomic mass is 10.2. The first-order valence-corrected chi connectivity index (χ1v) is 9.83. The third-order valence-corrected chi connectivity index (χ3v) is 5.29. The molecule has 3 heterocycles. The van der Waals surface area contributed by atoms with Gasteiger partial charge in [0.1, 0.15) is 0 Å². The molecule has 0 aliphatic carbocycles. The number of thioether (sulfide) groups is 1. The Kier molecular flexibility index (Phi) is 5.95. The predicted octanol–water partition coefficient (Wildman–Crippen LogP) is 3.49. The smallest absolute Gasteiger partial charge is 0.293 e. The number of H-pyrrole nitrogens is 1. The van der Waals surface area contributed by atoms with Gasteiger partial charge in [-0.05, 0) is 43.3 Å². The molecule has 1 fully saturated rings. The lowest BCUT2D eigenvalue weighted by molar-refractivity contribution is -0.122. The van der Waals surface area contributed by atoms with Crippen LogP contribution >= 0.6 is 11.8 Å². The van der Waals surface area contributed by atoms with E-state index in [0.717, 1.165) is 37.4 Å². The lowest BCUT2D eigenvalue weighted by Gasteiger charge is -2.11. The quantitative estimate of drug-likeness (QED) is 0.581. The van der Waals surface area contributed by atoms with Crippen LogP contribution in [0.2, 0.25) is 0 Å². The maximum Gasteiger partial charge on any atom is 0.293 e. The van der Waals surface area contributed by atoms with E-state index in [2.05, 4.69) is 17.0 Å². The van der Waals surface area contributed by atoms with E-state index in [-0.39, 0.29) is 21.6 Å². The van der Waals surface area contributed by atoms with Gasteiger partial charge in [0, 0.05) is 18.4 Å². The van der Waals surface area contributed by atoms with E-state index in [1.54, 1.807) is 31.3 Å². The SMILES string of the molecule is CCCCCCN1C(=O)SC(=Cc2c(C)[nH]n(-c3ccccn3)c2=O)C1=O. The number of pyridine rings is 1. The van der Waals surface area contributed by atoms with E-state index >= 15 is 0 Å². The van der Waals surface area contributed by atoms with Crippen molar-refractivity contribution in [3.8, 4) is 5.82 Å². The van der Waals surface area contributed by atoms with Crippen LogP contribution in [-0.2, 0) is 4.79 Å². The van der Waals surface area contributed by atoms with E-state index in [1.807, 2.05) is 0 Å². The molecular weight excluding hydrogens is 364 g/mol. The van der Waals surface area contributed by atoms with Crippen LogP contribution < -0.4 is 5.56 Å². The van der Waals surface area contributed by atoms with E-state index in [0.29, 0.717) is 23.6 Å². The Morgan fingerprint density at radius 1 is 1.19 bits per heavy atom. The fourth-order valence-corrected chi connectivity index (χ4v) is 3.74. The Labute approximate surface area is 161 Å². The van der Waals surface area contributed by atoms with E-state index in [9.17, 15) is 14.4 Å². The van der Waals surface area contributed by atoms with Crippen molar-refractivity contribution in [2.45, 2.75) is 39.5 Å². The topological polar surface area (TPSA) is 88.1 Å². The molecule has 1 aliphatic rings. The lowest BCUT2D eigenvalue weighted by Crippen LogP contribution is -2.29. The molecule has 0 bridgehead atoms. The summed E-state index contributed by atoms with van der Waals surface area (Å²) < 4.78 is 1.33. The summed E-state index contributed by atoms with van der Waals surface area (Å²) in [5.41, 5.74) is 0.665. The standard InChI is InChI=1S/C19H22N4O3S/c1-3-4-5-8-11-22-18(25)15(27-19(22)26)12-14-13(2)21-23(17(14)24)16-9-6-7-10-20-16/h6-7,9-10,12,21H,3-5,8,11H2,1-2H3. The number of nitrogens with one attached hydrogen (secondary N) is 1. The fourth-order valence-electron chi connectivity index (χ4n) is 2.90. The molecule has 0 spiro atoms. The molecule has 0 saturated carbocycles. The highest BCUT2D eigenvalue weighted by molar-refractivity contribution is 8.18. The molecule has 8 heteroatoms. The summed E-state index contributed by atoms with van der Waals surface area (Å²) in [7, 11) is 0. The molecule has 0 unspecified atom stereocenters. The van der Waals surface area contributed by atoms with E-state index in [1.165, 1.54) is 15.7 Å². The van der Waals surface area contributed by atoms with Crippen molar-refractivity contribution in [1.29, 1.82) is 0 Å². The number of aromatic amines is 1. The van der Waals surface area contributed by atoms with Crippen molar-refractivity contribution >= 4 is 29.0 Å². The van der Waals surface area contributed by atoms with Gasteiger partial charge < -0.3 is 0 Å². The van der Waals surface area contributed by atoms with Crippen molar-refractivity contribution in [3.63, 3.8) is 0 Å². The summed E-state index contributed by atoms with van der Waals surface area (Å²) in [4.78, 5) is 43.2. The molecule has 142 valence electrons. The highest BCUT2D eigenvalue weighted by Crippen LogP contribution is 2.32. The zero-order valence-corrected chi connectivity index (χ0v) is 16.2. The van der Waals surface area contributed by atoms with Gasteiger partial charge in [0.15, 0.2) is 5.82 Å². The van der Waals surface area contributed by atoms with Gasteiger partial charge >= 0.3 is 0 Å². The number of hydrogen-bond donors (Lipinski definition) is 1. The van der Waals surface area contributed by atoms with Crippen LogP contribution in [-0.4, -0.2) is 37.4 Å². The largest absolute Gasteiger partial charge is 0.293 e. The summed E-state index contributed by atoms with van der Waals surface area (Å²) in [6.45, 7) is 4.29. The minimum atomic E-state index is -0.328. The van der Waals surface area contributed by atoms with Gasteiger partial charge in [-0.1, -0.05) is 32.3 Å². The molecule has 0 atom stereocenters. The molecule has 0 aromatic carbocycles. The molecule has 3 rings (SSSR count). The Balaban J connectivity index is 1.83. The number of aromatic nitrogens is 3. The number of carbonyl (C=O) groups is 2. The number of hydrogen-bond acceptors (Lipinski definition) is 5. The number of nitrogens with zero attached hydrogens (tertiary/aromatic N) is 3. The van der Waals surface area contributed by atoms with Crippen LogP contribution in [0, 0.1) is 6.92 Å². The number of imide groups is 1. The van der Waals surface area contributed by atoms with Gasteiger partial charge in [-0.2, -0.15) is 0 Å². The van der Waals surface area contributed by atoms with Crippen LogP contribution in [0.3, 0.4) is 0 Å². The van der Waals surface area contributed by atoms with Crippen molar-refractivity contribution in [2.24, 2.45) is 0 Å². The van der Waals surface area contributed by atoms with Crippen molar-refractivity contribution in [1.82, 2.24) is 19.7 Å². The monoisotopic (exact) mass is 386 g/mol. The number of aryl methyl sites for hydroxylation is 1. The van der Waals surface area contributed by atoms with Crippen molar-refractivity contribution in [2.75, 3.05) is 6.54 Å². The summed E-state index contributed by atoms with van der Waals surface area (Å²) in [6.07, 6.45) is 7.07. The molecule has 2 aromatic rings. The minimum absolute atomic E-state index is 0.277. The maximum atomic E-state index is 12.7. The molecule has 1 N–H and O–H groups in total. The van der Waals surface area contributed by atoms with Gasteiger partial charge in [-0.25, -0.2) is 9.67 Å².